The van der Waals surface area contributed by atoms with Gasteiger partial charge in [0.05, 0.1) is 16.2 Å². The molecule has 6 nitrogen and oxygen atoms in total. The molecule has 158 valence electrons. The lowest BCUT2D eigenvalue weighted by Gasteiger charge is -2.12. The van der Waals surface area contributed by atoms with Crippen molar-refractivity contribution >= 4 is 21.6 Å². The van der Waals surface area contributed by atoms with E-state index < -0.39 is 22.4 Å². The number of aryl methyl sites for hydroxylation is 1. The molecule has 1 aromatic carbocycles. The second-order valence-corrected chi connectivity index (χ2v) is 9.76. The number of esters is 1. The Balaban J connectivity index is 2.15. The summed E-state index contributed by atoms with van der Waals surface area (Å²) in [6, 6.07) is 7.69. The highest BCUT2D eigenvalue weighted by atomic mass is 32.2. The third-order valence-corrected chi connectivity index (χ3v) is 6.75. The van der Waals surface area contributed by atoms with Gasteiger partial charge in [0.1, 0.15) is 0 Å². The van der Waals surface area contributed by atoms with Crippen molar-refractivity contribution in [1.82, 2.24) is 4.57 Å². The minimum atomic E-state index is -3.58. The lowest BCUT2D eigenvalue weighted by Crippen LogP contribution is -2.18. The van der Waals surface area contributed by atoms with Crippen LogP contribution in [-0.4, -0.2) is 37.1 Å². The molecule has 29 heavy (non-hydrogen) atoms. The van der Waals surface area contributed by atoms with Crippen molar-refractivity contribution in [3.05, 3.63) is 52.8 Å². The van der Waals surface area contributed by atoms with Gasteiger partial charge in [-0.05, 0) is 44.4 Å². The number of rotatable bonds is 9. The SMILES string of the molecule is CCS(=O)(=O)c1ccccc1C(=O)OCC(=O)c1cc(C)n(CCC(C)C)c1C. The van der Waals surface area contributed by atoms with Crippen LogP contribution in [0.25, 0.3) is 0 Å². The molecule has 2 rings (SSSR count). The average molecular weight is 420 g/mol. The Morgan fingerprint density at radius 1 is 1.10 bits per heavy atom. The van der Waals surface area contributed by atoms with Crippen molar-refractivity contribution in [1.29, 1.82) is 0 Å². The molecule has 0 aliphatic heterocycles. The zero-order chi connectivity index (χ0) is 21.8. The topological polar surface area (TPSA) is 82.4 Å². The molecule has 0 N–H and O–H groups in total. The fraction of sp³-hybridized carbons (Fsp3) is 0.455. The van der Waals surface area contributed by atoms with Gasteiger partial charge in [-0.2, -0.15) is 0 Å². The molecule has 0 unspecified atom stereocenters. The quantitative estimate of drug-likeness (QED) is 0.453. The molecule has 0 radical (unpaired) electrons. The van der Waals surface area contributed by atoms with Crippen LogP contribution in [0.5, 0.6) is 0 Å². The maximum absolute atomic E-state index is 12.6. The number of ketones is 1. The lowest BCUT2D eigenvalue weighted by atomic mass is 10.1. The summed E-state index contributed by atoms with van der Waals surface area (Å²) >= 11 is 0. The molecule has 1 heterocycles. The summed E-state index contributed by atoms with van der Waals surface area (Å²) in [6.07, 6.45) is 1.00. The molecular formula is C22H29NO5S. The number of aromatic nitrogens is 1. The van der Waals surface area contributed by atoms with E-state index in [0.29, 0.717) is 11.5 Å². The Hall–Kier alpha value is -2.41. The van der Waals surface area contributed by atoms with E-state index in [1.165, 1.54) is 19.1 Å². The Kier molecular flexibility index (Phi) is 7.41. The summed E-state index contributed by atoms with van der Waals surface area (Å²) in [7, 11) is -3.58. The van der Waals surface area contributed by atoms with E-state index in [2.05, 4.69) is 18.4 Å². The zero-order valence-corrected chi connectivity index (χ0v) is 18.5. The number of carbonyl (C=O) groups excluding carboxylic acids is 2. The number of hydrogen-bond donors (Lipinski definition) is 0. The molecule has 0 aliphatic carbocycles. The molecule has 0 spiro atoms. The van der Waals surface area contributed by atoms with Crippen LogP contribution in [0.4, 0.5) is 0 Å². The average Bonchev–Trinajstić information content (AvgIpc) is 2.97. The van der Waals surface area contributed by atoms with Gasteiger partial charge in [0.2, 0.25) is 5.78 Å². The van der Waals surface area contributed by atoms with Crippen LogP contribution < -0.4 is 0 Å². The van der Waals surface area contributed by atoms with Crippen molar-refractivity contribution in [2.24, 2.45) is 5.92 Å². The van der Waals surface area contributed by atoms with Crippen molar-refractivity contribution in [2.75, 3.05) is 12.4 Å². The number of carbonyl (C=O) groups is 2. The van der Waals surface area contributed by atoms with Gasteiger partial charge in [-0.25, -0.2) is 13.2 Å². The third-order valence-electron chi connectivity index (χ3n) is 4.96. The number of ether oxygens (including phenoxy) is 1. The summed E-state index contributed by atoms with van der Waals surface area (Å²) < 4.78 is 31.7. The van der Waals surface area contributed by atoms with Crippen LogP contribution >= 0.6 is 0 Å². The summed E-state index contributed by atoms with van der Waals surface area (Å²) in [6.45, 7) is 10.0. The Bertz CT molecular complexity index is 1000. The van der Waals surface area contributed by atoms with Crippen LogP contribution in [0.1, 0.15) is 59.3 Å². The molecule has 0 aliphatic rings. The van der Waals surface area contributed by atoms with Gasteiger partial charge in [0.25, 0.3) is 0 Å². The summed E-state index contributed by atoms with van der Waals surface area (Å²) in [5.41, 5.74) is 2.30. The van der Waals surface area contributed by atoms with Gasteiger partial charge in [-0.15, -0.1) is 0 Å². The number of hydrogen-bond acceptors (Lipinski definition) is 5. The van der Waals surface area contributed by atoms with Crippen LogP contribution in [-0.2, 0) is 21.1 Å². The molecule has 0 saturated carbocycles. The first kappa shape index (κ1) is 22.9. The Morgan fingerprint density at radius 2 is 1.76 bits per heavy atom. The number of sulfone groups is 1. The molecule has 0 atom stereocenters. The highest BCUT2D eigenvalue weighted by Crippen LogP contribution is 2.20. The molecule has 7 heteroatoms. The standard InChI is InChI=1S/C22H29NO5S/c1-6-29(26,27)21-10-8-7-9-18(21)22(25)28-14-20(24)19-13-16(4)23(17(19)5)12-11-15(2)3/h7-10,13,15H,6,11-12,14H2,1-5H3. The van der Waals surface area contributed by atoms with Gasteiger partial charge in [-0.1, -0.05) is 32.9 Å². The van der Waals surface area contributed by atoms with Crippen LogP contribution in [0, 0.1) is 19.8 Å². The van der Waals surface area contributed by atoms with E-state index in [0.717, 1.165) is 24.4 Å². The highest BCUT2D eigenvalue weighted by Gasteiger charge is 2.23. The van der Waals surface area contributed by atoms with Crippen molar-refractivity contribution < 1.29 is 22.7 Å². The van der Waals surface area contributed by atoms with E-state index in [-0.39, 0.29) is 22.0 Å². The van der Waals surface area contributed by atoms with E-state index in [4.69, 9.17) is 4.74 Å². The summed E-state index contributed by atoms with van der Waals surface area (Å²) in [5.74, 6) is -0.702. The van der Waals surface area contributed by atoms with Gasteiger partial charge in [0.15, 0.2) is 16.4 Å². The maximum Gasteiger partial charge on any atom is 0.339 e. The Morgan fingerprint density at radius 3 is 2.38 bits per heavy atom. The molecule has 1 aromatic heterocycles. The van der Waals surface area contributed by atoms with Gasteiger partial charge in [0, 0.05) is 23.5 Å². The minimum absolute atomic E-state index is 0.0513. The molecule has 2 aromatic rings. The molecule has 0 fully saturated rings. The predicted octanol–water partition coefficient (Wildman–Crippen LogP) is 3.98. The normalized spacial score (nSPS) is 11.7. The minimum Gasteiger partial charge on any atom is -0.454 e. The zero-order valence-electron chi connectivity index (χ0n) is 17.7. The second kappa shape index (κ2) is 9.39. The van der Waals surface area contributed by atoms with E-state index in [1.54, 1.807) is 18.2 Å². The second-order valence-electron chi connectivity index (χ2n) is 7.52. The highest BCUT2D eigenvalue weighted by molar-refractivity contribution is 7.91. The van der Waals surface area contributed by atoms with Crippen molar-refractivity contribution in [3.8, 4) is 0 Å². The fourth-order valence-corrected chi connectivity index (χ4v) is 4.25. The predicted molar refractivity (Wildman–Crippen MR) is 112 cm³/mol. The smallest absolute Gasteiger partial charge is 0.339 e. The first-order chi connectivity index (χ1) is 13.6. The number of nitrogens with zero attached hydrogens (tertiary/aromatic N) is 1. The third kappa shape index (κ3) is 5.35. The van der Waals surface area contributed by atoms with Gasteiger partial charge in [-0.3, -0.25) is 4.79 Å². The first-order valence-corrected chi connectivity index (χ1v) is 11.4. The van der Waals surface area contributed by atoms with Crippen molar-refractivity contribution in [2.45, 2.75) is 52.5 Å². The monoisotopic (exact) mass is 419 g/mol. The van der Waals surface area contributed by atoms with Crippen molar-refractivity contribution in [3.63, 3.8) is 0 Å². The van der Waals surface area contributed by atoms with Gasteiger partial charge >= 0.3 is 5.97 Å². The fourth-order valence-electron chi connectivity index (χ4n) is 3.16. The lowest BCUT2D eigenvalue weighted by molar-refractivity contribution is 0.0470. The van der Waals surface area contributed by atoms with E-state index >= 15 is 0 Å². The largest absolute Gasteiger partial charge is 0.454 e. The first-order valence-electron chi connectivity index (χ1n) is 9.77. The molecule has 0 amide bonds. The van der Waals surface area contributed by atoms with Crippen LogP contribution in [0.2, 0.25) is 0 Å². The molecule has 0 bridgehead atoms. The van der Waals surface area contributed by atoms with Crippen LogP contribution in [0.3, 0.4) is 0 Å². The summed E-state index contributed by atoms with van der Waals surface area (Å²) in [5, 5.41) is 0. The number of Topliss-reactive ketones (excluding diaryl/α,β-unsaturated/α-hetero) is 1. The maximum atomic E-state index is 12.6. The van der Waals surface area contributed by atoms with E-state index in [1.807, 2.05) is 13.8 Å². The molecule has 0 saturated heterocycles. The van der Waals surface area contributed by atoms with E-state index in [9.17, 15) is 18.0 Å². The number of benzene rings is 1. The Labute approximate surface area is 172 Å². The summed E-state index contributed by atoms with van der Waals surface area (Å²) in [4.78, 5) is 25.0. The molecular weight excluding hydrogens is 390 g/mol. The van der Waals surface area contributed by atoms with Crippen LogP contribution in [0.15, 0.2) is 35.2 Å². The van der Waals surface area contributed by atoms with Gasteiger partial charge < -0.3 is 9.30 Å².